The van der Waals surface area contributed by atoms with E-state index in [1.807, 2.05) is 30.3 Å². The first-order valence-electron chi connectivity index (χ1n) is 8.71. The second kappa shape index (κ2) is 9.09. The van der Waals surface area contributed by atoms with E-state index in [1.54, 1.807) is 12.0 Å². The van der Waals surface area contributed by atoms with Crippen molar-refractivity contribution in [2.45, 2.75) is 13.1 Å². The molecule has 3 aromatic rings. The smallest absolute Gasteiger partial charge is 0.388 e. The van der Waals surface area contributed by atoms with Gasteiger partial charge < -0.3 is 14.1 Å². The first-order chi connectivity index (χ1) is 13.6. The topological polar surface area (TPSA) is 77.6 Å². The number of halogens is 1. The zero-order chi connectivity index (χ0) is 19.9. The molecule has 8 heteroatoms. The first kappa shape index (κ1) is 19.5. The van der Waals surface area contributed by atoms with Crippen LogP contribution in [0.1, 0.15) is 5.56 Å². The molecule has 28 heavy (non-hydrogen) atoms. The summed E-state index contributed by atoms with van der Waals surface area (Å²) in [6, 6.07) is 14.9. The van der Waals surface area contributed by atoms with Gasteiger partial charge in [-0.2, -0.15) is 4.68 Å². The number of methoxy groups -OCH3 is 1. The molecule has 0 unspecified atom stereocenters. The molecule has 146 valence electrons. The van der Waals surface area contributed by atoms with Gasteiger partial charge in [-0.05, 0) is 29.8 Å². The molecule has 0 spiro atoms. The Bertz CT molecular complexity index is 967. The predicted octanol–water partition coefficient (Wildman–Crippen LogP) is 2.32. The summed E-state index contributed by atoms with van der Waals surface area (Å²) in [5, 5.41) is 4.06. The number of aromatic nitrogens is 2. The number of amides is 1. The minimum absolute atomic E-state index is 0.0318. The third-order valence-corrected chi connectivity index (χ3v) is 4.12. The van der Waals surface area contributed by atoms with Crippen LogP contribution < -0.4 is 5.76 Å². The maximum absolute atomic E-state index is 13.1. The fraction of sp³-hybridized carbons (Fsp3) is 0.250. The summed E-state index contributed by atoms with van der Waals surface area (Å²) in [6.45, 7) is 0.870. The Hall–Kier alpha value is -3.26. The van der Waals surface area contributed by atoms with Crippen LogP contribution in [0.15, 0.2) is 63.8 Å². The molecule has 0 radical (unpaired) electrons. The largest absolute Gasteiger partial charge is 0.437 e. The number of carbonyl (C=O) groups excluding carboxylic acids is 1. The molecule has 0 saturated heterocycles. The number of carbonyl (C=O) groups is 1. The van der Waals surface area contributed by atoms with Crippen molar-refractivity contribution < 1.29 is 18.3 Å². The maximum atomic E-state index is 13.1. The lowest BCUT2D eigenvalue weighted by Crippen LogP contribution is -2.37. The number of hydrogen-bond acceptors (Lipinski definition) is 5. The van der Waals surface area contributed by atoms with Gasteiger partial charge in [0.05, 0.1) is 6.61 Å². The molecule has 0 aliphatic rings. The Kier molecular flexibility index (Phi) is 6.33. The van der Waals surface area contributed by atoms with E-state index in [4.69, 9.17) is 9.15 Å². The number of ether oxygens (including phenoxy) is 1. The minimum atomic E-state index is -0.751. The van der Waals surface area contributed by atoms with Gasteiger partial charge in [0.25, 0.3) is 0 Å². The van der Waals surface area contributed by atoms with Crippen molar-refractivity contribution in [2.75, 3.05) is 20.3 Å². The predicted molar refractivity (Wildman–Crippen MR) is 99.9 cm³/mol. The second-order valence-corrected chi connectivity index (χ2v) is 6.13. The lowest BCUT2D eigenvalue weighted by atomic mass is 10.2. The maximum Gasteiger partial charge on any atom is 0.437 e. The van der Waals surface area contributed by atoms with Crippen LogP contribution in [-0.2, 0) is 22.6 Å². The molecule has 7 nitrogen and oxygen atoms in total. The van der Waals surface area contributed by atoms with Gasteiger partial charge in [0.2, 0.25) is 11.8 Å². The summed E-state index contributed by atoms with van der Waals surface area (Å²) in [6.07, 6.45) is 0. The Balaban J connectivity index is 1.75. The summed E-state index contributed by atoms with van der Waals surface area (Å²) >= 11 is 0. The van der Waals surface area contributed by atoms with Crippen LogP contribution >= 0.6 is 0 Å². The van der Waals surface area contributed by atoms with Crippen LogP contribution in [0, 0.1) is 5.82 Å². The molecule has 0 N–H and O–H groups in total. The van der Waals surface area contributed by atoms with Gasteiger partial charge in [-0.1, -0.05) is 30.3 Å². The van der Waals surface area contributed by atoms with E-state index in [9.17, 15) is 14.0 Å². The molecule has 1 aromatic heterocycles. The van der Waals surface area contributed by atoms with E-state index in [-0.39, 0.29) is 18.3 Å². The zero-order valence-corrected chi connectivity index (χ0v) is 15.4. The Morgan fingerprint density at radius 3 is 2.57 bits per heavy atom. The van der Waals surface area contributed by atoms with Crippen molar-refractivity contribution in [1.29, 1.82) is 0 Å². The Labute approximate surface area is 161 Å². The molecule has 0 aliphatic carbocycles. The molecule has 0 saturated carbocycles. The standard InChI is InChI=1S/C20H20FN3O4/c1-27-12-11-23(13-15-5-3-2-4-6-15)18(25)14-24-20(26)28-19(22-24)16-7-9-17(21)10-8-16/h2-10H,11-14H2,1H3. The second-order valence-electron chi connectivity index (χ2n) is 6.13. The highest BCUT2D eigenvalue weighted by atomic mass is 19.1. The average molecular weight is 385 g/mol. The first-order valence-corrected chi connectivity index (χ1v) is 8.71. The third kappa shape index (κ3) is 4.92. The van der Waals surface area contributed by atoms with Gasteiger partial charge in [0.15, 0.2) is 0 Å². The normalized spacial score (nSPS) is 10.8. The van der Waals surface area contributed by atoms with Crippen molar-refractivity contribution in [2.24, 2.45) is 0 Å². The monoisotopic (exact) mass is 385 g/mol. The fourth-order valence-electron chi connectivity index (χ4n) is 2.64. The summed E-state index contributed by atoms with van der Waals surface area (Å²) in [5.74, 6) is -1.42. The molecule has 2 aromatic carbocycles. The van der Waals surface area contributed by atoms with Crippen LogP contribution in [0.5, 0.6) is 0 Å². The molecular formula is C20H20FN3O4. The van der Waals surface area contributed by atoms with Crippen molar-refractivity contribution in [3.05, 3.63) is 76.5 Å². The van der Waals surface area contributed by atoms with E-state index in [0.29, 0.717) is 25.3 Å². The van der Waals surface area contributed by atoms with Gasteiger partial charge in [-0.25, -0.2) is 9.18 Å². The quantitative estimate of drug-likeness (QED) is 0.595. The molecule has 0 bridgehead atoms. The van der Waals surface area contributed by atoms with Crippen molar-refractivity contribution in [3.63, 3.8) is 0 Å². The van der Waals surface area contributed by atoms with Crippen LogP contribution in [-0.4, -0.2) is 40.8 Å². The SMILES string of the molecule is COCCN(Cc1ccccc1)C(=O)Cn1nc(-c2ccc(F)cc2)oc1=O. The average Bonchev–Trinajstić information content (AvgIpc) is 3.06. The van der Waals surface area contributed by atoms with Crippen molar-refractivity contribution in [1.82, 2.24) is 14.7 Å². The van der Waals surface area contributed by atoms with Gasteiger partial charge in [0, 0.05) is 25.8 Å². The lowest BCUT2D eigenvalue weighted by molar-refractivity contribution is -0.133. The Morgan fingerprint density at radius 2 is 1.89 bits per heavy atom. The summed E-state index contributed by atoms with van der Waals surface area (Å²) in [4.78, 5) is 26.4. The van der Waals surface area contributed by atoms with E-state index >= 15 is 0 Å². The van der Waals surface area contributed by atoms with Gasteiger partial charge >= 0.3 is 5.76 Å². The molecule has 0 aliphatic heterocycles. The molecule has 0 fully saturated rings. The van der Waals surface area contributed by atoms with Gasteiger partial charge in [-0.3, -0.25) is 4.79 Å². The molecule has 1 heterocycles. The minimum Gasteiger partial charge on any atom is -0.388 e. The summed E-state index contributed by atoms with van der Waals surface area (Å²) < 4.78 is 24.2. The summed E-state index contributed by atoms with van der Waals surface area (Å²) in [5.41, 5.74) is 1.41. The van der Waals surface area contributed by atoms with Gasteiger partial charge in [0.1, 0.15) is 12.4 Å². The Morgan fingerprint density at radius 1 is 1.18 bits per heavy atom. The summed E-state index contributed by atoms with van der Waals surface area (Å²) in [7, 11) is 1.56. The van der Waals surface area contributed by atoms with Crippen LogP contribution in [0.25, 0.3) is 11.5 Å². The highest BCUT2D eigenvalue weighted by Gasteiger charge is 2.18. The van der Waals surface area contributed by atoms with Crippen molar-refractivity contribution >= 4 is 5.91 Å². The third-order valence-electron chi connectivity index (χ3n) is 4.12. The molecule has 1 amide bonds. The number of nitrogens with zero attached hydrogens (tertiary/aromatic N) is 3. The van der Waals surface area contributed by atoms with Crippen LogP contribution in [0.4, 0.5) is 4.39 Å². The van der Waals surface area contributed by atoms with Gasteiger partial charge in [-0.15, -0.1) is 5.10 Å². The number of hydrogen-bond donors (Lipinski definition) is 0. The highest BCUT2D eigenvalue weighted by Crippen LogP contribution is 2.15. The molecular weight excluding hydrogens is 365 g/mol. The van der Waals surface area contributed by atoms with Crippen LogP contribution in [0.2, 0.25) is 0 Å². The van der Waals surface area contributed by atoms with E-state index in [0.717, 1.165) is 10.2 Å². The van der Waals surface area contributed by atoms with E-state index in [1.165, 1.54) is 24.3 Å². The van der Waals surface area contributed by atoms with Crippen LogP contribution in [0.3, 0.4) is 0 Å². The molecule has 3 rings (SSSR count). The molecule has 0 atom stereocenters. The van der Waals surface area contributed by atoms with Crippen molar-refractivity contribution in [3.8, 4) is 11.5 Å². The zero-order valence-electron chi connectivity index (χ0n) is 15.4. The number of benzene rings is 2. The van der Waals surface area contributed by atoms with E-state index < -0.39 is 11.6 Å². The van der Waals surface area contributed by atoms with E-state index in [2.05, 4.69) is 5.10 Å². The lowest BCUT2D eigenvalue weighted by Gasteiger charge is -2.22. The highest BCUT2D eigenvalue weighted by molar-refractivity contribution is 5.76. The number of rotatable bonds is 8. The fourth-order valence-corrected chi connectivity index (χ4v) is 2.64.